The highest BCUT2D eigenvalue weighted by Gasteiger charge is 2.31. The Balaban J connectivity index is 1.18. The molecule has 0 atom stereocenters. The molecular formula is C48H33N3O2. The van der Waals surface area contributed by atoms with Crippen LogP contribution >= 0.6 is 0 Å². The number of nitrogens with zero attached hydrogens (tertiary/aromatic N) is 3. The number of fused-ring (bicyclic) bond motifs is 8. The predicted molar refractivity (Wildman–Crippen MR) is 217 cm³/mol. The summed E-state index contributed by atoms with van der Waals surface area (Å²) >= 11 is 0. The van der Waals surface area contributed by atoms with Crippen molar-refractivity contribution in [1.29, 1.82) is 0 Å². The van der Waals surface area contributed by atoms with E-state index in [0.717, 1.165) is 84.5 Å². The first-order valence-electron chi connectivity index (χ1n) is 18.0. The highest BCUT2D eigenvalue weighted by molar-refractivity contribution is 6.13. The molecule has 0 bridgehead atoms. The van der Waals surface area contributed by atoms with Crippen molar-refractivity contribution in [3.63, 3.8) is 0 Å². The van der Waals surface area contributed by atoms with E-state index in [-0.39, 0.29) is 0 Å². The fraction of sp³-hybridized carbons (Fsp3) is 0.0417. The van der Waals surface area contributed by atoms with E-state index < -0.39 is 0 Å². The van der Waals surface area contributed by atoms with E-state index >= 15 is 0 Å². The number of aromatic nitrogens is 1. The molecule has 0 aliphatic carbocycles. The first kappa shape index (κ1) is 29.7. The second kappa shape index (κ2) is 11.3. The van der Waals surface area contributed by atoms with Crippen LogP contribution in [0.5, 0.6) is 23.0 Å². The van der Waals surface area contributed by atoms with Crippen molar-refractivity contribution < 1.29 is 9.47 Å². The molecule has 9 aromatic rings. The third-order valence-corrected chi connectivity index (χ3v) is 10.6. The lowest BCUT2D eigenvalue weighted by molar-refractivity contribution is 0.477. The lowest BCUT2D eigenvalue weighted by Crippen LogP contribution is -2.17. The number of para-hydroxylation sites is 7. The molecule has 3 heterocycles. The van der Waals surface area contributed by atoms with Gasteiger partial charge in [-0.3, -0.25) is 0 Å². The zero-order chi connectivity index (χ0) is 35.2. The summed E-state index contributed by atoms with van der Waals surface area (Å²) in [5, 5.41) is 4.61. The van der Waals surface area contributed by atoms with Crippen LogP contribution in [-0.2, 0) is 0 Å². The molecule has 5 heteroatoms. The van der Waals surface area contributed by atoms with E-state index in [1.54, 1.807) is 0 Å². The van der Waals surface area contributed by atoms with Crippen molar-refractivity contribution in [3.8, 4) is 28.7 Å². The topological polar surface area (TPSA) is 29.9 Å². The molecular weight excluding hydrogens is 651 g/mol. The summed E-state index contributed by atoms with van der Waals surface area (Å²) in [4.78, 5) is 4.71. The minimum Gasteiger partial charge on any atom is -0.453 e. The Morgan fingerprint density at radius 2 is 0.811 bits per heavy atom. The quantitative estimate of drug-likeness (QED) is 0.185. The number of benzene rings is 8. The van der Waals surface area contributed by atoms with Gasteiger partial charge in [0, 0.05) is 27.2 Å². The maximum atomic E-state index is 6.78. The van der Waals surface area contributed by atoms with Crippen molar-refractivity contribution in [2.75, 3.05) is 9.80 Å². The molecule has 0 saturated carbocycles. The van der Waals surface area contributed by atoms with E-state index in [4.69, 9.17) is 9.47 Å². The molecule has 0 fully saturated rings. The van der Waals surface area contributed by atoms with Gasteiger partial charge in [0.1, 0.15) is 0 Å². The Bertz CT molecular complexity index is 2890. The van der Waals surface area contributed by atoms with Crippen LogP contribution in [0.3, 0.4) is 0 Å². The fourth-order valence-electron chi connectivity index (χ4n) is 8.47. The van der Waals surface area contributed by atoms with Crippen molar-refractivity contribution >= 4 is 66.7 Å². The molecule has 0 saturated heterocycles. The Hall–Kier alpha value is -6.98. The van der Waals surface area contributed by atoms with Gasteiger partial charge < -0.3 is 23.8 Å². The zero-order valence-electron chi connectivity index (χ0n) is 29.2. The molecule has 0 unspecified atom stereocenters. The number of aryl methyl sites for hydroxylation is 2. The van der Waals surface area contributed by atoms with Gasteiger partial charge in [0.25, 0.3) is 0 Å². The Morgan fingerprint density at radius 1 is 0.340 bits per heavy atom. The van der Waals surface area contributed by atoms with Crippen LogP contribution in [0, 0.1) is 13.8 Å². The first-order chi connectivity index (χ1) is 26.1. The summed E-state index contributed by atoms with van der Waals surface area (Å²) in [6.45, 7) is 4.34. The fourth-order valence-corrected chi connectivity index (χ4v) is 8.47. The van der Waals surface area contributed by atoms with Gasteiger partial charge in [-0.1, -0.05) is 84.9 Å². The smallest absolute Gasteiger partial charge is 0.152 e. The van der Waals surface area contributed by atoms with Crippen LogP contribution in [0.4, 0.5) is 34.1 Å². The monoisotopic (exact) mass is 683 g/mol. The maximum absolute atomic E-state index is 6.78. The van der Waals surface area contributed by atoms with Gasteiger partial charge in [0.2, 0.25) is 0 Å². The van der Waals surface area contributed by atoms with Gasteiger partial charge in [0.05, 0.1) is 45.2 Å². The lowest BCUT2D eigenvalue weighted by atomic mass is 10.0. The number of rotatable bonds is 3. The number of anilines is 6. The SMILES string of the molecule is Cc1cc(C)cc(-n2c3ccccc3c3cc4c(cc32)N(c2cccc3c(N5c6ccccc6Oc6ccccc65)cccc23)c2ccccc2O4)c1. The highest BCUT2D eigenvalue weighted by Crippen LogP contribution is 2.56. The molecule has 1 aromatic heterocycles. The summed E-state index contributed by atoms with van der Waals surface area (Å²) in [5.74, 6) is 3.31. The number of hydrogen-bond acceptors (Lipinski definition) is 4. The molecule has 8 aromatic carbocycles. The largest absolute Gasteiger partial charge is 0.453 e. The highest BCUT2D eigenvalue weighted by atomic mass is 16.5. The number of ether oxygens (including phenoxy) is 2. The molecule has 0 amide bonds. The molecule has 5 nitrogen and oxygen atoms in total. The van der Waals surface area contributed by atoms with Crippen LogP contribution in [0.2, 0.25) is 0 Å². The lowest BCUT2D eigenvalue weighted by Gasteiger charge is -2.35. The van der Waals surface area contributed by atoms with Crippen LogP contribution in [0.15, 0.2) is 164 Å². The van der Waals surface area contributed by atoms with Gasteiger partial charge >= 0.3 is 0 Å². The standard InChI is InChI=1S/C48H33N3O2/c1-30-25-31(2)27-32(26-30)49-37-16-4-3-13-35(37)36-28-48-44(29-43(36)49)51(42-19-7-10-24-47(42)53-48)39-21-12-14-33-34(39)15-11-20-38(33)50-40-17-5-8-22-45(40)52-46-23-9-6-18-41(46)50/h3-29H,1-2H3. The first-order valence-corrected chi connectivity index (χ1v) is 18.0. The van der Waals surface area contributed by atoms with E-state index in [2.05, 4.69) is 162 Å². The van der Waals surface area contributed by atoms with Gasteiger partial charge in [-0.25, -0.2) is 0 Å². The van der Waals surface area contributed by atoms with E-state index in [9.17, 15) is 0 Å². The minimum absolute atomic E-state index is 0.821. The van der Waals surface area contributed by atoms with Crippen molar-refractivity contribution in [2.45, 2.75) is 13.8 Å². The van der Waals surface area contributed by atoms with Crippen LogP contribution in [0.25, 0.3) is 38.3 Å². The molecule has 53 heavy (non-hydrogen) atoms. The van der Waals surface area contributed by atoms with Crippen molar-refractivity contribution in [1.82, 2.24) is 4.57 Å². The summed E-state index contributed by atoms with van der Waals surface area (Å²) in [6, 6.07) is 58.1. The second-order valence-electron chi connectivity index (χ2n) is 14.0. The summed E-state index contributed by atoms with van der Waals surface area (Å²) in [6.07, 6.45) is 0. The van der Waals surface area contributed by atoms with Gasteiger partial charge in [-0.15, -0.1) is 0 Å². The van der Waals surface area contributed by atoms with Crippen LogP contribution < -0.4 is 19.3 Å². The average Bonchev–Trinajstić information content (AvgIpc) is 3.50. The second-order valence-corrected chi connectivity index (χ2v) is 14.0. The minimum atomic E-state index is 0.821. The van der Waals surface area contributed by atoms with Gasteiger partial charge in [0.15, 0.2) is 23.0 Å². The van der Waals surface area contributed by atoms with Gasteiger partial charge in [-0.05, 0) is 104 Å². The van der Waals surface area contributed by atoms with Gasteiger partial charge in [-0.2, -0.15) is 0 Å². The number of hydrogen-bond donors (Lipinski definition) is 0. The molecule has 11 rings (SSSR count). The summed E-state index contributed by atoms with van der Waals surface area (Å²) < 4.78 is 15.6. The predicted octanol–water partition coefficient (Wildman–Crippen LogP) is 13.7. The zero-order valence-corrected chi connectivity index (χ0v) is 29.2. The normalized spacial score (nSPS) is 12.9. The van der Waals surface area contributed by atoms with E-state index in [1.165, 1.54) is 22.0 Å². The summed E-state index contributed by atoms with van der Waals surface area (Å²) in [7, 11) is 0. The Morgan fingerprint density at radius 3 is 1.42 bits per heavy atom. The molecule has 0 spiro atoms. The molecule has 252 valence electrons. The maximum Gasteiger partial charge on any atom is 0.152 e. The van der Waals surface area contributed by atoms with Crippen LogP contribution in [0.1, 0.15) is 11.1 Å². The third kappa shape index (κ3) is 4.44. The van der Waals surface area contributed by atoms with Crippen molar-refractivity contribution in [3.05, 3.63) is 175 Å². The van der Waals surface area contributed by atoms with E-state index in [0.29, 0.717) is 0 Å². The van der Waals surface area contributed by atoms with E-state index in [1.807, 2.05) is 30.3 Å². The average molecular weight is 684 g/mol. The summed E-state index contributed by atoms with van der Waals surface area (Å²) in [5.41, 5.74) is 12.1. The third-order valence-electron chi connectivity index (χ3n) is 10.6. The molecule has 2 aliphatic heterocycles. The van der Waals surface area contributed by atoms with Crippen molar-refractivity contribution in [2.24, 2.45) is 0 Å². The molecule has 0 N–H and O–H groups in total. The Labute approximate surface area is 307 Å². The molecule has 2 aliphatic rings. The van der Waals surface area contributed by atoms with Crippen LogP contribution in [-0.4, -0.2) is 4.57 Å². The molecule has 0 radical (unpaired) electrons. The Kier molecular flexibility index (Phi) is 6.31.